The van der Waals surface area contributed by atoms with Crippen LogP contribution in [0.15, 0.2) is 0 Å². The van der Waals surface area contributed by atoms with Gasteiger partial charge in [-0.05, 0) is 57.0 Å². The van der Waals surface area contributed by atoms with Crippen LogP contribution in [0.5, 0.6) is 0 Å². The number of nitrogens with one attached hydrogen (secondary N) is 1. The quantitative estimate of drug-likeness (QED) is 0.713. The molecule has 18 heavy (non-hydrogen) atoms. The number of rotatable bonds is 8. The van der Waals surface area contributed by atoms with Gasteiger partial charge in [-0.25, -0.2) is 0 Å². The highest BCUT2D eigenvalue weighted by atomic mass is 15.2. The second-order valence-corrected chi connectivity index (χ2v) is 6.69. The molecular formula is C16H34N2. The van der Waals surface area contributed by atoms with Gasteiger partial charge in [0.2, 0.25) is 0 Å². The monoisotopic (exact) mass is 254 g/mol. The van der Waals surface area contributed by atoms with Gasteiger partial charge in [-0.15, -0.1) is 0 Å². The predicted octanol–water partition coefficient (Wildman–Crippen LogP) is 3.52. The Labute approximate surface area is 115 Å². The molecule has 1 N–H and O–H groups in total. The molecule has 1 unspecified atom stereocenters. The summed E-state index contributed by atoms with van der Waals surface area (Å²) >= 11 is 0. The van der Waals surface area contributed by atoms with E-state index in [2.05, 4.69) is 44.8 Å². The standard InChI is InChI=1S/C16H34N2/c1-6-16(7-2,12-17-11-14(3)4)13-18-10-8-9-15(18)5/h14-15,17H,6-13H2,1-5H3. The van der Waals surface area contributed by atoms with Crippen molar-refractivity contribution in [2.24, 2.45) is 11.3 Å². The summed E-state index contributed by atoms with van der Waals surface area (Å²) in [6.07, 6.45) is 5.36. The van der Waals surface area contributed by atoms with E-state index in [1.54, 1.807) is 0 Å². The molecule has 1 fully saturated rings. The fourth-order valence-electron chi connectivity index (χ4n) is 3.06. The number of nitrogens with zero attached hydrogens (tertiary/aromatic N) is 1. The molecule has 2 heteroatoms. The molecule has 0 radical (unpaired) electrons. The van der Waals surface area contributed by atoms with E-state index in [1.165, 1.54) is 45.3 Å². The lowest BCUT2D eigenvalue weighted by Crippen LogP contribution is -2.45. The summed E-state index contributed by atoms with van der Waals surface area (Å²) in [5.74, 6) is 0.752. The van der Waals surface area contributed by atoms with Crippen LogP contribution in [-0.2, 0) is 0 Å². The first kappa shape index (κ1) is 16.0. The van der Waals surface area contributed by atoms with E-state index in [0.717, 1.165) is 18.5 Å². The summed E-state index contributed by atoms with van der Waals surface area (Å²) in [6, 6.07) is 0.799. The van der Waals surface area contributed by atoms with Gasteiger partial charge in [0, 0.05) is 19.1 Å². The number of hydrogen-bond donors (Lipinski definition) is 1. The second-order valence-electron chi connectivity index (χ2n) is 6.69. The highest BCUT2D eigenvalue weighted by molar-refractivity contribution is 4.87. The summed E-state index contributed by atoms with van der Waals surface area (Å²) in [4.78, 5) is 2.71. The van der Waals surface area contributed by atoms with Crippen LogP contribution in [0.4, 0.5) is 0 Å². The summed E-state index contributed by atoms with van der Waals surface area (Å²) in [5, 5.41) is 3.69. The van der Waals surface area contributed by atoms with E-state index in [0.29, 0.717) is 5.41 Å². The minimum Gasteiger partial charge on any atom is -0.316 e. The molecule has 0 spiro atoms. The van der Waals surface area contributed by atoms with Crippen molar-refractivity contribution in [3.8, 4) is 0 Å². The number of hydrogen-bond acceptors (Lipinski definition) is 2. The fourth-order valence-corrected chi connectivity index (χ4v) is 3.06. The topological polar surface area (TPSA) is 15.3 Å². The molecule has 0 saturated carbocycles. The van der Waals surface area contributed by atoms with Crippen LogP contribution in [0.3, 0.4) is 0 Å². The maximum absolute atomic E-state index is 3.69. The van der Waals surface area contributed by atoms with Crippen molar-refractivity contribution in [3.63, 3.8) is 0 Å². The van der Waals surface area contributed by atoms with Crippen molar-refractivity contribution >= 4 is 0 Å². The zero-order chi connectivity index (χ0) is 13.6. The van der Waals surface area contributed by atoms with Crippen molar-refractivity contribution in [2.75, 3.05) is 26.2 Å². The van der Waals surface area contributed by atoms with Gasteiger partial charge in [0.15, 0.2) is 0 Å². The van der Waals surface area contributed by atoms with E-state index in [9.17, 15) is 0 Å². The Morgan fingerprint density at radius 2 is 1.94 bits per heavy atom. The maximum Gasteiger partial charge on any atom is 0.00676 e. The van der Waals surface area contributed by atoms with Crippen LogP contribution in [-0.4, -0.2) is 37.1 Å². The molecule has 0 aromatic heterocycles. The third-order valence-electron chi connectivity index (χ3n) is 4.78. The molecule has 1 aliphatic rings. The summed E-state index contributed by atoms with van der Waals surface area (Å²) < 4.78 is 0. The largest absolute Gasteiger partial charge is 0.316 e. The van der Waals surface area contributed by atoms with Crippen molar-refractivity contribution in [2.45, 2.75) is 66.3 Å². The van der Waals surface area contributed by atoms with Crippen LogP contribution >= 0.6 is 0 Å². The van der Waals surface area contributed by atoms with E-state index >= 15 is 0 Å². The fraction of sp³-hybridized carbons (Fsp3) is 1.00. The highest BCUT2D eigenvalue weighted by Gasteiger charge is 2.32. The van der Waals surface area contributed by atoms with Crippen LogP contribution in [0.1, 0.15) is 60.3 Å². The average Bonchev–Trinajstić information content (AvgIpc) is 2.73. The van der Waals surface area contributed by atoms with Gasteiger partial charge in [-0.1, -0.05) is 27.7 Å². The Kier molecular flexibility index (Phi) is 6.65. The van der Waals surface area contributed by atoms with E-state index in [-0.39, 0.29) is 0 Å². The average molecular weight is 254 g/mol. The van der Waals surface area contributed by atoms with Gasteiger partial charge in [0.05, 0.1) is 0 Å². The third-order valence-corrected chi connectivity index (χ3v) is 4.78. The minimum atomic E-state index is 0.480. The normalized spacial score (nSPS) is 22.0. The Bertz CT molecular complexity index is 221. The second kappa shape index (κ2) is 7.49. The van der Waals surface area contributed by atoms with Crippen LogP contribution in [0.25, 0.3) is 0 Å². The smallest absolute Gasteiger partial charge is 0.00676 e. The van der Waals surface area contributed by atoms with Gasteiger partial charge >= 0.3 is 0 Å². The zero-order valence-electron chi connectivity index (χ0n) is 13.3. The van der Waals surface area contributed by atoms with Gasteiger partial charge in [-0.2, -0.15) is 0 Å². The molecule has 0 amide bonds. The lowest BCUT2D eigenvalue weighted by molar-refractivity contribution is 0.129. The SMILES string of the molecule is CCC(CC)(CNCC(C)C)CN1CCCC1C. The third kappa shape index (κ3) is 4.55. The first-order valence-electron chi connectivity index (χ1n) is 7.97. The van der Waals surface area contributed by atoms with Crippen LogP contribution in [0, 0.1) is 11.3 Å². The molecule has 0 aromatic carbocycles. The summed E-state index contributed by atoms with van der Waals surface area (Å²) in [7, 11) is 0. The van der Waals surface area contributed by atoms with Crippen LogP contribution < -0.4 is 5.32 Å². The molecule has 1 aliphatic heterocycles. The Balaban J connectivity index is 2.50. The molecule has 1 atom stereocenters. The minimum absolute atomic E-state index is 0.480. The van der Waals surface area contributed by atoms with Gasteiger partial charge < -0.3 is 10.2 Å². The number of likely N-dealkylation sites (tertiary alicyclic amines) is 1. The lowest BCUT2D eigenvalue weighted by atomic mass is 9.81. The molecule has 2 nitrogen and oxygen atoms in total. The summed E-state index contributed by atoms with van der Waals surface area (Å²) in [6.45, 7) is 16.6. The van der Waals surface area contributed by atoms with Gasteiger partial charge in [-0.3, -0.25) is 0 Å². The molecular weight excluding hydrogens is 220 g/mol. The van der Waals surface area contributed by atoms with E-state index in [4.69, 9.17) is 0 Å². The molecule has 1 heterocycles. The van der Waals surface area contributed by atoms with Crippen molar-refractivity contribution in [1.29, 1.82) is 0 Å². The lowest BCUT2D eigenvalue weighted by Gasteiger charge is -2.38. The predicted molar refractivity (Wildman–Crippen MR) is 81.0 cm³/mol. The van der Waals surface area contributed by atoms with Crippen molar-refractivity contribution < 1.29 is 0 Å². The van der Waals surface area contributed by atoms with Gasteiger partial charge in [0.25, 0.3) is 0 Å². The Morgan fingerprint density at radius 3 is 2.39 bits per heavy atom. The molecule has 1 rings (SSSR count). The molecule has 0 aliphatic carbocycles. The molecule has 108 valence electrons. The molecule has 0 bridgehead atoms. The Hall–Kier alpha value is -0.0800. The maximum atomic E-state index is 3.69. The van der Waals surface area contributed by atoms with Gasteiger partial charge in [0.1, 0.15) is 0 Å². The molecule has 1 saturated heterocycles. The summed E-state index contributed by atoms with van der Waals surface area (Å²) in [5.41, 5.74) is 0.480. The van der Waals surface area contributed by atoms with Crippen molar-refractivity contribution in [1.82, 2.24) is 10.2 Å². The van der Waals surface area contributed by atoms with E-state index in [1.807, 2.05) is 0 Å². The Morgan fingerprint density at radius 1 is 1.28 bits per heavy atom. The molecule has 0 aromatic rings. The first-order chi connectivity index (χ1) is 8.53. The zero-order valence-corrected chi connectivity index (χ0v) is 13.3. The highest BCUT2D eigenvalue weighted by Crippen LogP contribution is 2.30. The van der Waals surface area contributed by atoms with E-state index < -0.39 is 0 Å². The first-order valence-corrected chi connectivity index (χ1v) is 7.97. The van der Waals surface area contributed by atoms with Crippen LogP contribution in [0.2, 0.25) is 0 Å². The van der Waals surface area contributed by atoms with Crippen molar-refractivity contribution in [3.05, 3.63) is 0 Å².